The molecule has 0 saturated carbocycles. The summed E-state index contributed by atoms with van der Waals surface area (Å²) < 4.78 is 11.0. The highest BCUT2D eigenvalue weighted by molar-refractivity contribution is 5.94. The van der Waals surface area contributed by atoms with Gasteiger partial charge < -0.3 is 9.47 Å². The molecule has 0 aliphatic heterocycles. The van der Waals surface area contributed by atoms with Gasteiger partial charge >= 0.3 is 0 Å². The first-order valence-electron chi connectivity index (χ1n) is 10.0. The van der Waals surface area contributed by atoms with E-state index in [1.165, 1.54) is 0 Å². The fourth-order valence-corrected chi connectivity index (χ4v) is 2.99. The van der Waals surface area contributed by atoms with Crippen LogP contribution in [0.4, 0.5) is 0 Å². The first-order valence-corrected chi connectivity index (χ1v) is 10.0. The van der Waals surface area contributed by atoms with Crippen molar-refractivity contribution < 1.29 is 14.3 Å². The second-order valence-electron chi connectivity index (χ2n) is 6.94. The second-order valence-corrected chi connectivity index (χ2v) is 6.94. The lowest BCUT2D eigenvalue weighted by atomic mass is 10.1. The summed E-state index contributed by atoms with van der Waals surface area (Å²) in [5.41, 5.74) is 6.21. The first-order chi connectivity index (χ1) is 15.7. The minimum Gasteiger partial charge on any atom is -0.497 e. The molecule has 7 heteroatoms. The van der Waals surface area contributed by atoms with Crippen LogP contribution in [0.5, 0.6) is 11.5 Å². The van der Waals surface area contributed by atoms with Crippen LogP contribution in [0, 0.1) is 0 Å². The fraction of sp³-hybridized carbons (Fsp3) is 0.0800. The van der Waals surface area contributed by atoms with Gasteiger partial charge in [0.25, 0.3) is 5.91 Å². The third kappa shape index (κ3) is 5.40. The van der Waals surface area contributed by atoms with Crippen LogP contribution in [-0.4, -0.2) is 29.4 Å². The van der Waals surface area contributed by atoms with E-state index in [4.69, 9.17) is 9.47 Å². The Hall–Kier alpha value is -4.39. The van der Waals surface area contributed by atoms with Crippen molar-refractivity contribution in [2.24, 2.45) is 5.10 Å². The van der Waals surface area contributed by atoms with Gasteiger partial charge in [-0.3, -0.25) is 9.89 Å². The largest absolute Gasteiger partial charge is 0.497 e. The maximum absolute atomic E-state index is 12.4. The maximum atomic E-state index is 12.4. The molecule has 0 fully saturated rings. The maximum Gasteiger partial charge on any atom is 0.289 e. The van der Waals surface area contributed by atoms with E-state index in [0.29, 0.717) is 18.0 Å². The summed E-state index contributed by atoms with van der Waals surface area (Å²) in [5, 5.41) is 11.0. The highest BCUT2D eigenvalue weighted by atomic mass is 16.5. The molecule has 0 radical (unpaired) electrons. The molecule has 3 aromatic carbocycles. The molecule has 7 nitrogen and oxygen atoms in total. The van der Waals surface area contributed by atoms with Gasteiger partial charge in [0.15, 0.2) is 0 Å². The van der Waals surface area contributed by atoms with Crippen LogP contribution in [0.2, 0.25) is 0 Å². The third-order valence-corrected chi connectivity index (χ3v) is 4.70. The number of methoxy groups -OCH3 is 1. The monoisotopic (exact) mass is 426 g/mol. The summed E-state index contributed by atoms with van der Waals surface area (Å²) in [6.07, 6.45) is 1.56. The molecular weight excluding hydrogens is 404 g/mol. The molecule has 1 amide bonds. The third-order valence-electron chi connectivity index (χ3n) is 4.70. The Morgan fingerprint density at radius 2 is 1.81 bits per heavy atom. The van der Waals surface area contributed by atoms with E-state index in [0.717, 1.165) is 28.2 Å². The zero-order valence-electron chi connectivity index (χ0n) is 17.5. The van der Waals surface area contributed by atoms with Crippen LogP contribution in [-0.2, 0) is 6.61 Å². The second kappa shape index (κ2) is 10.1. The Balaban J connectivity index is 1.37. The smallest absolute Gasteiger partial charge is 0.289 e. The zero-order valence-corrected chi connectivity index (χ0v) is 17.5. The Morgan fingerprint density at radius 3 is 2.59 bits per heavy atom. The number of hydrazone groups is 1. The van der Waals surface area contributed by atoms with E-state index in [1.807, 2.05) is 78.9 Å². The lowest BCUT2D eigenvalue weighted by Gasteiger charge is -2.07. The van der Waals surface area contributed by atoms with Crippen LogP contribution in [0.1, 0.15) is 21.6 Å². The summed E-state index contributed by atoms with van der Waals surface area (Å²) in [6, 6.07) is 26.5. The Kier molecular flexibility index (Phi) is 6.57. The number of aromatic amines is 1. The standard InChI is InChI=1S/C25H22N4O3/c1-31-21-12-10-18(11-13-21)16-26-29-25(30)24-15-23(27-28-24)20-8-5-9-22(14-20)32-17-19-6-3-2-4-7-19/h2-16H,17H2,1H3,(H,27,28)(H,29,30). The van der Waals surface area contributed by atoms with E-state index in [-0.39, 0.29) is 5.91 Å². The molecule has 2 N–H and O–H groups in total. The van der Waals surface area contributed by atoms with Gasteiger partial charge in [-0.15, -0.1) is 0 Å². The van der Waals surface area contributed by atoms with Crippen LogP contribution in [0.15, 0.2) is 90.0 Å². The van der Waals surface area contributed by atoms with E-state index in [1.54, 1.807) is 19.4 Å². The SMILES string of the molecule is COc1ccc(C=NNC(=O)c2cc(-c3cccc(OCc4ccccc4)c3)n[nH]2)cc1. The number of hydrogen-bond acceptors (Lipinski definition) is 5. The predicted octanol–water partition coefficient (Wildman–Crippen LogP) is 4.43. The van der Waals surface area contributed by atoms with Crippen molar-refractivity contribution >= 4 is 12.1 Å². The van der Waals surface area contributed by atoms with Gasteiger partial charge in [-0.05, 0) is 53.6 Å². The number of H-pyrrole nitrogens is 1. The van der Waals surface area contributed by atoms with Gasteiger partial charge in [-0.2, -0.15) is 10.2 Å². The molecule has 0 atom stereocenters. The molecule has 1 aromatic heterocycles. The Morgan fingerprint density at radius 1 is 1.00 bits per heavy atom. The summed E-state index contributed by atoms with van der Waals surface area (Å²) >= 11 is 0. The summed E-state index contributed by atoms with van der Waals surface area (Å²) in [4.78, 5) is 12.4. The van der Waals surface area contributed by atoms with Gasteiger partial charge in [0.05, 0.1) is 19.0 Å². The number of nitrogens with zero attached hydrogens (tertiary/aromatic N) is 2. The molecule has 0 bridgehead atoms. The number of carbonyl (C=O) groups excluding carboxylic acids is 1. The Labute approximate surface area is 185 Å². The molecule has 32 heavy (non-hydrogen) atoms. The van der Waals surface area contributed by atoms with Gasteiger partial charge in [-0.1, -0.05) is 42.5 Å². The van der Waals surface area contributed by atoms with Crippen molar-refractivity contribution in [1.82, 2.24) is 15.6 Å². The highest BCUT2D eigenvalue weighted by Crippen LogP contribution is 2.23. The molecule has 0 spiro atoms. The van der Waals surface area contributed by atoms with Crippen molar-refractivity contribution in [3.63, 3.8) is 0 Å². The van der Waals surface area contributed by atoms with Crippen LogP contribution >= 0.6 is 0 Å². The van der Waals surface area contributed by atoms with Crippen molar-refractivity contribution in [2.45, 2.75) is 6.61 Å². The van der Waals surface area contributed by atoms with Gasteiger partial charge in [-0.25, -0.2) is 5.43 Å². The number of carbonyl (C=O) groups is 1. The number of hydrogen-bond donors (Lipinski definition) is 2. The van der Waals surface area contributed by atoms with Gasteiger partial charge in [0.2, 0.25) is 0 Å². The number of aromatic nitrogens is 2. The van der Waals surface area contributed by atoms with Crippen molar-refractivity contribution in [3.05, 3.63) is 102 Å². The minimum absolute atomic E-state index is 0.308. The van der Waals surface area contributed by atoms with Crippen LogP contribution < -0.4 is 14.9 Å². The molecule has 4 aromatic rings. The number of ether oxygens (including phenoxy) is 2. The van der Waals surface area contributed by atoms with Crippen molar-refractivity contribution in [3.8, 4) is 22.8 Å². The number of nitrogens with one attached hydrogen (secondary N) is 2. The van der Waals surface area contributed by atoms with Gasteiger partial charge in [0, 0.05) is 5.56 Å². The summed E-state index contributed by atoms with van der Waals surface area (Å²) in [7, 11) is 1.61. The lowest BCUT2D eigenvalue weighted by Crippen LogP contribution is -2.17. The topological polar surface area (TPSA) is 88.6 Å². The van der Waals surface area contributed by atoms with E-state index in [2.05, 4.69) is 20.7 Å². The predicted molar refractivity (Wildman–Crippen MR) is 123 cm³/mol. The number of benzene rings is 3. The molecule has 0 saturated heterocycles. The van der Waals surface area contributed by atoms with Gasteiger partial charge in [0.1, 0.15) is 23.8 Å². The molecule has 160 valence electrons. The fourth-order valence-electron chi connectivity index (χ4n) is 2.99. The zero-order chi connectivity index (χ0) is 22.2. The van der Waals surface area contributed by atoms with Crippen molar-refractivity contribution in [1.29, 1.82) is 0 Å². The normalized spacial score (nSPS) is 10.8. The molecule has 0 aliphatic carbocycles. The Bertz CT molecular complexity index is 1200. The van der Waals surface area contributed by atoms with E-state index in [9.17, 15) is 4.79 Å². The quantitative estimate of drug-likeness (QED) is 0.322. The van der Waals surface area contributed by atoms with E-state index < -0.39 is 0 Å². The molecule has 1 heterocycles. The minimum atomic E-state index is -0.384. The van der Waals surface area contributed by atoms with E-state index >= 15 is 0 Å². The average Bonchev–Trinajstić information content (AvgIpc) is 3.35. The average molecular weight is 426 g/mol. The first kappa shape index (κ1) is 20.9. The number of rotatable bonds is 8. The lowest BCUT2D eigenvalue weighted by molar-refractivity contribution is 0.0950. The summed E-state index contributed by atoms with van der Waals surface area (Å²) in [6.45, 7) is 0.477. The highest BCUT2D eigenvalue weighted by Gasteiger charge is 2.11. The summed E-state index contributed by atoms with van der Waals surface area (Å²) in [5.74, 6) is 1.10. The number of amides is 1. The molecule has 0 unspecified atom stereocenters. The molecule has 0 aliphatic rings. The molecule has 4 rings (SSSR count). The van der Waals surface area contributed by atoms with Crippen LogP contribution in [0.3, 0.4) is 0 Å². The van der Waals surface area contributed by atoms with Crippen molar-refractivity contribution in [2.75, 3.05) is 7.11 Å². The van der Waals surface area contributed by atoms with Crippen LogP contribution in [0.25, 0.3) is 11.3 Å². The molecular formula is C25H22N4O3.